The quantitative estimate of drug-likeness (QED) is 0.632. The van der Waals surface area contributed by atoms with Gasteiger partial charge in [-0.2, -0.15) is 5.10 Å². The second-order valence-corrected chi connectivity index (χ2v) is 2.67. The lowest BCUT2D eigenvalue weighted by Crippen LogP contribution is -1.70. The first-order chi connectivity index (χ1) is 5.27. The topological polar surface area (TPSA) is 48.9 Å². The van der Waals surface area contributed by atoms with Gasteiger partial charge in [0.2, 0.25) is 0 Å². The Labute approximate surface area is 67.6 Å². The number of halogens is 1. The van der Waals surface area contributed by atoms with Crippen molar-refractivity contribution in [2.45, 2.75) is 0 Å². The number of aromatic nitrogens is 2. The van der Waals surface area contributed by atoms with E-state index in [2.05, 4.69) is 10.2 Å². The van der Waals surface area contributed by atoms with E-state index < -0.39 is 0 Å². The minimum atomic E-state index is 0.145. The Morgan fingerprint density at radius 3 is 3.09 bits per heavy atom. The van der Waals surface area contributed by atoms with E-state index in [1.807, 2.05) is 0 Å². The first-order valence-corrected chi connectivity index (χ1v) is 3.47. The summed E-state index contributed by atoms with van der Waals surface area (Å²) in [5.74, 6) is 0.145. The number of benzene rings is 1. The first-order valence-electron chi connectivity index (χ1n) is 3.09. The summed E-state index contributed by atoms with van der Waals surface area (Å²) >= 11 is 5.78. The zero-order valence-corrected chi connectivity index (χ0v) is 6.26. The maximum absolute atomic E-state index is 9.10. The Kier molecular flexibility index (Phi) is 1.26. The minimum absolute atomic E-state index is 0.145. The molecule has 1 aromatic heterocycles. The maximum atomic E-state index is 9.10. The number of hydrogen-bond donors (Lipinski definition) is 2. The average Bonchev–Trinajstić information content (AvgIpc) is 2.34. The number of aromatic amines is 1. The lowest BCUT2D eigenvalue weighted by atomic mass is 10.2. The number of phenols is 1. The standard InChI is InChI=1S/C7H5ClN2O/c8-6-1-4(11)2-7-5(6)3-9-10-7/h1-3,11H,(H,9,10). The molecule has 4 heteroatoms. The minimum Gasteiger partial charge on any atom is -0.508 e. The van der Waals surface area contributed by atoms with Crippen molar-refractivity contribution >= 4 is 22.5 Å². The van der Waals surface area contributed by atoms with Crippen LogP contribution < -0.4 is 0 Å². The van der Waals surface area contributed by atoms with Crippen LogP contribution in [0.4, 0.5) is 0 Å². The monoisotopic (exact) mass is 168 g/mol. The maximum Gasteiger partial charge on any atom is 0.119 e. The Morgan fingerprint density at radius 1 is 1.45 bits per heavy atom. The predicted octanol–water partition coefficient (Wildman–Crippen LogP) is 1.92. The van der Waals surface area contributed by atoms with Crippen LogP contribution in [0, 0.1) is 0 Å². The molecule has 2 N–H and O–H groups in total. The SMILES string of the molecule is Oc1cc(Cl)c2cn[nH]c2c1. The van der Waals surface area contributed by atoms with Crippen LogP contribution in [-0.4, -0.2) is 15.3 Å². The van der Waals surface area contributed by atoms with Gasteiger partial charge in [-0.05, 0) is 6.07 Å². The number of nitrogens with zero attached hydrogens (tertiary/aromatic N) is 1. The summed E-state index contributed by atoms with van der Waals surface area (Å²) in [6, 6.07) is 3.06. The molecule has 0 bridgehead atoms. The fraction of sp³-hybridized carbons (Fsp3) is 0. The number of rotatable bonds is 0. The van der Waals surface area contributed by atoms with Crippen LogP contribution in [0.3, 0.4) is 0 Å². The van der Waals surface area contributed by atoms with Crippen LogP contribution in [0.15, 0.2) is 18.3 Å². The summed E-state index contributed by atoms with van der Waals surface area (Å²) in [7, 11) is 0. The Bertz CT molecular complexity index is 396. The highest BCUT2D eigenvalue weighted by Crippen LogP contribution is 2.26. The third-order valence-corrected chi connectivity index (χ3v) is 1.81. The highest BCUT2D eigenvalue weighted by atomic mass is 35.5. The van der Waals surface area contributed by atoms with Crippen molar-refractivity contribution in [3.8, 4) is 5.75 Å². The van der Waals surface area contributed by atoms with E-state index in [1.165, 1.54) is 6.07 Å². The van der Waals surface area contributed by atoms with Crippen LogP contribution in [0.2, 0.25) is 5.02 Å². The molecule has 1 heterocycles. The molecule has 56 valence electrons. The summed E-state index contributed by atoms with van der Waals surface area (Å²) in [6.45, 7) is 0. The van der Waals surface area contributed by atoms with Crippen LogP contribution in [0.1, 0.15) is 0 Å². The van der Waals surface area contributed by atoms with Gasteiger partial charge < -0.3 is 5.11 Å². The number of aromatic hydroxyl groups is 1. The molecule has 11 heavy (non-hydrogen) atoms. The van der Waals surface area contributed by atoms with E-state index in [4.69, 9.17) is 16.7 Å². The van der Waals surface area contributed by atoms with Crippen LogP contribution >= 0.6 is 11.6 Å². The normalized spacial score (nSPS) is 10.6. The molecule has 0 saturated carbocycles. The molecule has 0 saturated heterocycles. The largest absolute Gasteiger partial charge is 0.508 e. The summed E-state index contributed by atoms with van der Waals surface area (Å²) in [4.78, 5) is 0. The number of H-pyrrole nitrogens is 1. The van der Waals surface area contributed by atoms with Crippen LogP contribution in [0.25, 0.3) is 10.9 Å². The molecule has 0 amide bonds. The molecule has 2 aromatic rings. The van der Waals surface area contributed by atoms with Gasteiger partial charge >= 0.3 is 0 Å². The third-order valence-electron chi connectivity index (χ3n) is 1.49. The summed E-state index contributed by atoms with van der Waals surface area (Å²) in [6.07, 6.45) is 1.62. The van der Waals surface area contributed by atoms with Gasteiger partial charge in [-0.1, -0.05) is 11.6 Å². The zero-order valence-electron chi connectivity index (χ0n) is 5.50. The first kappa shape index (κ1) is 6.49. The molecule has 3 nitrogen and oxygen atoms in total. The lowest BCUT2D eigenvalue weighted by Gasteiger charge is -1.93. The van der Waals surface area contributed by atoms with E-state index in [0.717, 1.165) is 10.9 Å². The Morgan fingerprint density at radius 2 is 2.27 bits per heavy atom. The molecular formula is C7H5ClN2O. The number of fused-ring (bicyclic) bond motifs is 1. The van der Waals surface area contributed by atoms with Crippen molar-refractivity contribution in [2.24, 2.45) is 0 Å². The third kappa shape index (κ3) is 0.935. The smallest absolute Gasteiger partial charge is 0.119 e. The van der Waals surface area contributed by atoms with E-state index in [0.29, 0.717) is 5.02 Å². The van der Waals surface area contributed by atoms with Gasteiger partial charge in [-0.15, -0.1) is 0 Å². The molecule has 0 fully saturated rings. The molecule has 0 atom stereocenters. The second-order valence-electron chi connectivity index (χ2n) is 2.26. The van der Waals surface area contributed by atoms with E-state index in [9.17, 15) is 0 Å². The van der Waals surface area contributed by atoms with Gasteiger partial charge in [0.05, 0.1) is 16.7 Å². The number of hydrogen-bond acceptors (Lipinski definition) is 2. The van der Waals surface area contributed by atoms with Crippen LogP contribution in [-0.2, 0) is 0 Å². The summed E-state index contributed by atoms with van der Waals surface area (Å²) in [5.41, 5.74) is 0.745. The van der Waals surface area contributed by atoms with Crippen molar-refractivity contribution in [3.63, 3.8) is 0 Å². The van der Waals surface area contributed by atoms with Crippen molar-refractivity contribution < 1.29 is 5.11 Å². The van der Waals surface area contributed by atoms with E-state index in [-0.39, 0.29) is 5.75 Å². The fourth-order valence-corrected chi connectivity index (χ4v) is 1.26. The Balaban J connectivity index is 2.91. The van der Waals surface area contributed by atoms with E-state index in [1.54, 1.807) is 12.3 Å². The molecule has 0 aliphatic carbocycles. The van der Waals surface area contributed by atoms with Gasteiger partial charge in [-0.25, -0.2) is 0 Å². The summed E-state index contributed by atoms with van der Waals surface area (Å²) in [5, 5.41) is 16.9. The van der Waals surface area contributed by atoms with Gasteiger partial charge in [-0.3, -0.25) is 5.10 Å². The zero-order chi connectivity index (χ0) is 7.84. The van der Waals surface area contributed by atoms with Gasteiger partial charge in [0.1, 0.15) is 5.75 Å². The molecule has 0 aliphatic rings. The van der Waals surface area contributed by atoms with Crippen molar-refractivity contribution in [2.75, 3.05) is 0 Å². The average molecular weight is 169 g/mol. The predicted molar refractivity (Wildman–Crippen MR) is 42.8 cm³/mol. The molecule has 2 rings (SSSR count). The molecule has 0 unspecified atom stereocenters. The molecular weight excluding hydrogens is 164 g/mol. The van der Waals surface area contributed by atoms with Crippen molar-refractivity contribution in [3.05, 3.63) is 23.4 Å². The highest BCUT2D eigenvalue weighted by molar-refractivity contribution is 6.35. The van der Waals surface area contributed by atoms with Crippen molar-refractivity contribution in [1.82, 2.24) is 10.2 Å². The number of nitrogens with one attached hydrogen (secondary N) is 1. The molecule has 1 aromatic carbocycles. The summed E-state index contributed by atoms with van der Waals surface area (Å²) < 4.78 is 0. The fourth-order valence-electron chi connectivity index (χ4n) is 0.994. The van der Waals surface area contributed by atoms with Crippen molar-refractivity contribution in [1.29, 1.82) is 0 Å². The van der Waals surface area contributed by atoms with Gasteiger partial charge in [0.15, 0.2) is 0 Å². The highest BCUT2D eigenvalue weighted by Gasteiger charge is 2.01. The molecule has 0 spiro atoms. The number of phenolic OH excluding ortho intramolecular Hbond substituents is 1. The van der Waals surface area contributed by atoms with Crippen LogP contribution in [0.5, 0.6) is 5.75 Å². The van der Waals surface area contributed by atoms with E-state index >= 15 is 0 Å². The lowest BCUT2D eigenvalue weighted by molar-refractivity contribution is 0.476. The molecule has 0 radical (unpaired) electrons. The van der Waals surface area contributed by atoms with Gasteiger partial charge in [0, 0.05) is 11.5 Å². The Hall–Kier alpha value is -1.22. The molecule has 0 aliphatic heterocycles. The van der Waals surface area contributed by atoms with Gasteiger partial charge in [0.25, 0.3) is 0 Å². The second kappa shape index (κ2) is 2.13.